The number of ether oxygens (including phenoxy) is 2. The van der Waals surface area contributed by atoms with Gasteiger partial charge in [-0.15, -0.1) is 11.3 Å². The second-order valence-corrected chi connectivity index (χ2v) is 10.2. The number of hydrogen-bond donors (Lipinski definition) is 1. The van der Waals surface area contributed by atoms with Crippen LogP contribution in [0.3, 0.4) is 0 Å². The normalized spacial score (nSPS) is 11.2. The number of carbonyl (C=O) groups excluding carboxylic acids is 1. The summed E-state index contributed by atoms with van der Waals surface area (Å²) in [6.45, 7) is 0.367. The number of thiophene rings is 1. The molecule has 1 amide bonds. The maximum absolute atomic E-state index is 12.6. The van der Waals surface area contributed by atoms with E-state index >= 15 is 0 Å². The average molecular weight is 590 g/mol. The van der Waals surface area contributed by atoms with Gasteiger partial charge in [0.1, 0.15) is 6.61 Å². The van der Waals surface area contributed by atoms with Crippen LogP contribution in [0.1, 0.15) is 20.8 Å². The quantitative estimate of drug-likeness (QED) is 0.118. The lowest BCUT2D eigenvalue weighted by molar-refractivity contribution is -0.384. The van der Waals surface area contributed by atoms with Crippen LogP contribution in [0.15, 0.2) is 88.4 Å². The maximum Gasteiger partial charge on any atom is 0.281 e. The zero-order valence-corrected chi connectivity index (χ0v) is 22.4. The van der Waals surface area contributed by atoms with E-state index in [-0.39, 0.29) is 5.69 Å². The second-order valence-electron chi connectivity index (χ2n) is 8.24. The van der Waals surface area contributed by atoms with Gasteiger partial charge in [-0.05, 0) is 56.5 Å². The summed E-state index contributed by atoms with van der Waals surface area (Å²) in [5.41, 5.74) is 4.21. The summed E-state index contributed by atoms with van der Waals surface area (Å²) in [6, 6.07) is 23.9. The highest BCUT2D eigenvalue weighted by Gasteiger charge is 2.14. The lowest BCUT2D eigenvalue weighted by Gasteiger charge is -2.14. The van der Waals surface area contributed by atoms with Crippen LogP contribution in [0, 0.1) is 10.1 Å². The first-order chi connectivity index (χ1) is 18.4. The van der Waals surface area contributed by atoms with Gasteiger partial charge in [-0.2, -0.15) is 5.10 Å². The van der Waals surface area contributed by atoms with E-state index in [2.05, 4.69) is 44.7 Å². The summed E-state index contributed by atoms with van der Waals surface area (Å²) in [5.74, 6) is 0.670. The van der Waals surface area contributed by atoms with Crippen molar-refractivity contribution in [2.45, 2.75) is 6.61 Å². The Morgan fingerprint density at radius 1 is 1.05 bits per heavy atom. The number of nitro groups is 1. The molecule has 190 valence electrons. The first-order valence-corrected chi connectivity index (χ1v) is 13.0. The third kappa shape index (κ3) is 5.36. The summed E-state index contributed by atoms with van der Waals surface area (Å²) in [5, 5.41) is 18.0. The number of non-ortho nitro benzene ring substituents is 1. The van der Waals surface area contributed by atoms with E-state index in [0.29, 0.717) is 38.4 Å². The molecule has 0 atom stereocenters. The van der Waals surface area contributed by atoms with Crippen molar-refractivity contribution in [1.29, 1.82) is 0 Å². The van der Waals surface area contributed by atoms with E-state index < -0.39 is 10.8 Å². The zero-order valence-electron chi connectivity index (χ0n) is 20.0. The van der Waals surface area contributed by atoms with Crippen molar-refractivity contribution in [1.82, 2.24) is 5.43 Å². The molecule has 8 nitrogen and oxygen atoms in total. The van der Waals surface area contributed by atoms with Gasteiger partial charge in [0.05, 0.1) is 23.1 Å². The molecule has 10 heteroatoms. The van der Waals surface area contributed by atoms with E-state index in [1.807, 2.05) is 24.3 Å². The number of fused-ring (bicyclic) bond motifs is 2. The van der Waals surface area contributed by atoms with Crippen molar-refractivity contribution in [2.24, 2.45) is 5.10 Å². The summed E-state index contributed by atoms with van der Waals surface area (Å²) in [4.78, 5) is 23.5. The molecular formula is C28H20BrN3O5S. The molecular weight excluding hydrogens is 570 g/mol. The van der Waals surface area contributed by atoms with Crippen LogP contribution in [-0.4, -0.2) is 24.2 Å². The molecule has 38 heavy (non-hydrogen) atoms. The number of carbonyl (C=O) groups is 1. The molecule has 1 heterocycles. The van der Waals surface area contributed by atoms with Crippen LogP contribution in [0.2, 0.25) is 0 Å². The number of rotatable bonds is 8. The number of hydrazone groups is 1. The topological polar surface area (TPSA) is 103 Å². The van der Waals surface area contributed by atoms with Crippen molar-refractivity contribution >= 4 is 65.9 Å². The molecule has 1 N–H and O–H groups in total. The van der Waals surface area contributed by atoms with Gasteiger partial charge in [-0.3, -0.25) is 14.9 Å². The molecule has 0 saturated carbocycles. The second kappa shape index (κ2) is 11.0. The van der Waals surface area contributed by atoms with Gasteiger partial charge in [0.25, 0.3) is 11.6 Å². The van der Waals surface area contributed by atoms with Crippen LogP contribution in [0.4, 0.5) is 5.69 Å². The minimum absolute atomic E-state index is 0.0244. The number of nitro benzene ring substituents is 1. The fourth-order valence-electron chi connectivity index (χ4n) is 3.97. The third-order valence-corrected chi connectivity index (χ3v) is 7.65. The van der Waals surface area contributed by atoms with Gasteiger partial charge in [0.15, 0.2) is 11.5 Å². The number of methoxy groups -OCH3 is 1. The van der Waals surface area contributed by atoms with Crippen LogP contribution in [0.25, 0.3) is 20.9 Å². The number of halogens is 1. The molecule has 0 fully saturated rings. The van der Waals surface area contributed by atoms with E-state index in [1.54, 1.807) is 31.4 Å². The number of amides is 1. The van der Waals surface area contributed by atoms with Crippen LogP contribution < -0.4 is 14.9 Å². The predicted molar refractivity (Wildman–Crippen MR) is 153 cm³/mol. The number of nitrogens with zero attached hydrogens (tertiary/aromatic N) is 2. The first-order valence-electron chi connectivity index (χ1n) is 11.4. The fourth-order valence-corrected chi connectivity index (χ4v) is 5.33. The van der Waals surface area contributed by atoms with Gasteiger partial charge in [0.2, 0.25) is 0 Å². The summed E-state index contributed by atoms with van der Waals surface area (Å²) >= 11 is 4.77. The molecule has 0 unspecified atom stereocenters. The highest BCUT2D eigenvalue weighted by molar-refractivity contribution is 9.10. The lowest BCUT2D eigenvalue weighted by atomic mass is 10.1. The van der Waals surface area contributed by atoms with Gasteiger partial charge in [-0.25, -0.2) is 5.43 Å². The Morgan fingerprint density at radius 3 is 2.68 bits per heavy atom. The first kappa shape index (κ1) is 25.4. The maximum atomic E-state index is 12.6. The molecule has 0 aliphatic heterocycles. The molecule has 0 spiro atoms. The molecule has 0 saturated heterocycles. The zero-order chi connectivity index (χ0) is 26.6. The fraction of sp³-hybridized carbons (Fsp3) is 0.0714. The van der Waals surface area contributed by atoms with Gasteiger partial charge in [0, 0.05) is 32.3 Å². The average Bonchev–Trinajstić information content (AvgIpc) is 3.36. The number of benzene rings is 4. The van der Waals surface area contributed by atoms with Crippen molar-refractivity contribution in [3.05, 3.63) is 109 Å². The van der Waals surface area contributed by atoms with Crippen molar-refractivity contribution < 1.29 is 19.2 Å². The smallest absolute Gasteiger partial charge is 0.281 e. The van der Waals surface area contributed by atoms with Crippen molar-refractivity contribution in [3.63, 3.8) is 0 Å². The largest absolute Gasteiger partial charge is 0.493 e. The molecule has 0 bridgehead atoms. The highest BCUT2D eigenvalue weighted by Crippen LogP contribution is 2.34. The van der Waals surface area contributed by atoms with Crippen LogP contribution >= 0.6 is 27.3 Å². The van der Waals surface area contributed by atoms with Crippen molar-refractivity contribution in [3.8, 4) is 11.5 Å². The van der Waals surface area contributed by atoms with Gasteiger partial charge >= 0.3 is 0 Å². The number of hydrogen-bond acceptors (Lipinski definition) is 7. The summed E-state index contributed by atoms with van der Waals surface area (Å²) < 4.78 is 13.1. The lowest BCUT2D eigenvalue weighted by Crippen LogP contribution is -2.16. The van der Waals surface area contributed by atoms with Gasteiger partial charge < -0.3 is 9.47 Å². The van der Waals surface area contributed by atoms with Crippen LogP contribution in [-0.2, 0) is 6.61 Å². The Hall–Kier alpha value is -4.28. The predicted octanol–water partition coefficient (Wildman–Crippen LogP) is 7.08. The molecule has 0 aliphatic rings. The van der Waals surface area contributed by atoms with Gasteiger partial charge in [-0.1, -0.05) is 42.5 Å². The third-order valence-electron chi connectivity index (χ3n) is 5.85. The minimum atomic E-state index is -0.465. The Kier molecular flexibility index (Phi) is 7.34. The number of nitrogens with one attached hydrogen (secondary N) is 1. The Labute approximate surface area is 229 Å². The van der Waals surface area contributed by atoms with E-state index in [0.717, 1.165) is 21.0 Å². The molecule has 0 aliphatic carbocycles. The monoisotopic (exact) mass is 589 g/mol. The standard InChI is InChI=1S/C28H20BrN3O5S/c1-36-24-12-20(15-30-31-28(33)27-13-19-11-21(32(34)35)9-10-26(19)38-27)23(29)14-25(24)37-16-18-7-4-6-17-5-2-3-8-22(17)18/h2-15H,16H2,1H3,(H,31,33)/b30-15-. The Morgan fingerprint density at radius 2 is 1.87 bits per heavy atom. The van der Waals surface area contributed by atoms with E-state index in [1.165, 1.54) is 29.7 Å². The Bertz CT molecular complexity index is 1710. The van der Waals surface area contributed by atoms with Crippen LogP contribution in [0.5, 0.6) is 11.5 Å². The summed E-state index contributed by atoms with van der Waals surface area (Å²) in [7, 11) is 1.56. The molecule has 5 rings (SSSR count). The molecule has 5 aromatic rings. The molecule has 0 radical (unpaired) electrons. The minimum Gasteiger partial charge on any atom is -0.493 e. The highest BCUT2D eigenvalue weighted by atomic mass is 79.9. The van der Waals surface area contributed by atoms with E-state index in [4.69, 9.17) is 9.47 Å². The molecule has 4 aromatic carbocycles. The SMILES string of the molecule is COc1cc(/C=N\NC(=O)c2cc3cc([N+](=O)[O-])ccc3s2)c(Br)cc1OCc1cccc2ccccc12. The summed E-state index contributed by atoms with van der Waals surface area (Å²) in [6.07, 6.45) is 1.50. The Balaban J connectivity index is 1.29. The molecule has 1 aromatic heterocycles. The van der Waals surface area contributed by atoms with E-state index in [9.17, 15) is 14.9 Å². The van der Waals surface area contributed by atoms with Crippen molar-refractivity contribution in [2.75, 3.05) is 7.11 Å².